The Labute approximate surface area is 169 Å². The van der Waals surface area contributed by atoms with Crippen molar-refractivity contribution in [2.75, 3.05) is 6.79 Å². The van der Waals surface area contributed by atoms with E-state index < -0.39 is 5.41 Å². The number of hydrogen-bond donors (Lipinski definition) is 1. The maximum atomic E-state index is 14.8. The first kappa shape index (κ1) is 18.2. The van der Waals surface area contributed by atoms with Crippen molar-refractivity contribution < 1.29 is 18.7 Å². The molecule has 1 aliphatic carbocycles. The van der Waals surface area contributed by atoms with Gasteiger partial charge in [0.2, 0.25) is 6.79 Å². The zero-order valence-corrected chi connectivity index (χ0v) is 16.9. The quantitative estimate of drug-likeness (QED) is 0.665. The van der Waals surface area contributed by atoms with Crippen LogP contribution in [0.3, 0.4) is 0 Å². The third-order valence-electron chi connectivity index (χ3n) is 6.16. The number of H-pyrrole nitrogens is 1. The van der Waals surface area contributed by atoms with E-state index in [1.807, 2.05) is 30.3 Å². The molecule has 0 bridgehead atoms. The molecule has 0 spiro atoms. The fourth-order valence-corrected chi connectivity index (χ4v) is 4.13. The van der Waals surface area contributed by atoms with E-state index in [0.29, 0.717) is 17.1 Å². The normalized spacial score (nSPS) is 17.0. The number of rotatable bonds is 4. The molecule has 5 heteroatoms. The number of fused-ring (bicyclic) bond motifs is 2. The van der Waals surface area contributed by atoms with Gasteiger partial charge in [0.05, 0.1) is 5.41 Å². The van der Waals surface area contributed by atoms with Gasteiger partial charge in [0.15, 0.2) is 11.5 Å². The van der Waals surface area contributed by atoms with Crippen LogP contribution in [0, 0.1) is 5.82 Å². The van der Waals surface area contributed by atoms with Crippen LogP contribution in [0.25, 0.3) is 10.9 Å². The predicted octanol–water partition coefficient (Wildman–Crippen LogP) is 5.18. The summed E-state index contributed by atoms with van der Waals surface area (Å²) in [5.74, 6) is 1.10. The van der Waals surface area contributed by atoms with Gasteiger partial charge >= 0.3 is 0 Å². The molecular weight excluding hydrogens is 369 g/mol. The number of halogens is 1. The summed E-state index contributed by atoms with van der Waals surface area (Å²) in [7, 11) is 0. The van der Waals surface area contributed by atoms with Crippen LogP contribution in [0.15, 0.2) is 36.4 Å². The van der Waals surface area contributed by atoms with Crippen LogP contribution in [0.2, 0.25) is 0 Å². The van der Waals surface area contributed by atoms with Crippen molar-refractivity contribution in [2.45, 2.75) is 50.9 Å². The first-order chi connectivity index (χ1) is 13.8. The number of carbonyl (C=O) groups excluding carboxylic acids is 1. The van der Waals surface area contributed by atoms with Gasteiger partial charge in [0, 0.05) is 28.4 Å². The molecule has 1 saturated carbocycles. The summed E-state index contributed by atoms with van der Waals surface area (Å²) in [4.78, 5) is 16.5. The summed E-state index contributed by atoms with van der Waals surface area (Å²) in [5.41, 5.74) is 2.62. The summed E-state index contributed by atoms with van der Waals surface area (Å²) >= 11 is 0. The van der Waals surface area contributed by atoms with Gasteiger partial charge in [0.25, 0.3) is 0 Å². The monoisotopic (exact) mass is 393 g/mol. The number of aromatic nitrogens is 1. The number of ether oxygens (including phenoxy) is 2. The van der Waals surface area contributed by atoms with Gasteiger partial charge in [-0.1, -0.05) is 26.8 Å². The maximum Gasteiger partial charge on any atom is 0.231 e. The molecule has 0 saturated heterocycles. The number of Topliss-reactive ketones (excluding diaryl/α,β-unsaturated/α-hetero) is 1. The third-order valence-corrected chi connectivity index (χ3v) is 6.16. The zero-order valence-electron chi connectivity index (χ0n) is 16.9. The molecule has 0 unspecified atom stereocenters. The van der Waals surface area contributed by atoms with Crippen molar-refractivity contribution in [3.8, 4) is 11.5 Å². The van der Waals surface area contributed by atoms with Crippen molar-refractivity contribution in [3.05, 3.63) is 59.0 Å². The second-order valence-electron chi connectivity index (χ2n) is 9.21. The van der Waals surface area contributed by atoms with E-state index in [9.17, 15) is 9.18 Å². The lowest BCUT2D eigenvalue weighted by molar-refractivity contribution is -0.120. The molecule has 0 radical (unpaired) electrons. The summed E-state index contributed by atoms with van der Waals surface area (Å²) in [6.07, 6.45) is 1.66. The second kappa shape index (κ2) is 6.09. The van der Waals surface area contributed by atoms with Crippen LogP contribution in [-0.2, 0) is 22.0 Å². The molecule has 1 N–H and O–H groups in total. The van der Waals surface area contributed by atoms with Crippen molar-refractivity contribution in [2.24, 2.45) is 0 Å². The largest absolute Gasteiger partial charge is 0.454 e. The molecule has 0 atom stereocenters. The Balaban J connectivity index is 1.44. The molecule has 29 heavy (non-hydrogen) atoms. The molecule has 2 aliphatic rings. The molecule has 0 amide bonds. The van der Waals surface area contributed by atoms with E-state index in [1.54, 1.807) is 0 Å². The first-order valence-corrected chi connectivity index (χ1v) is 10.0. The van der Waals surface area contributed by atoms with Crippen LogP contribution in [-0.4, -0.2) is 17.6 Å². The van der Waals surface area contributed by atoms with Gasteiger partial charge in [-0.05, 0) is 54.3 Å². The number of carbonyl (C=O) groups is 1. The van der Waals surface area contributed by atoms with Gasteiger partial charge in [0.1, 0.15) is 11.6 Å². The van der Waals surface area contributed by atoms with E-state index >= 15 is 0 Å². The summed E-state index contributed by atoms with van der Waals surface area (Å²) in [6, 6.07) is 11.0. The highest BCUT2D eigenvalue weighted by molar-refractivity contribution is 5.95. The van der Waals surface area contributed by atoms with Crippen molar-refractivity contribution in [1.82, 2.24) is 4.98 Å². The Kier molecular flexibility index (Phi) is 3.83. The van der Waals surface area contributed by atoms with Crippen LogP contribution >= 0.6 is 0 Å². The lowest BCUT2D eigenvalue weighted by Gasteiger charge is -2.15. The average Bonchev–Trinajstić information content (AvgIpc) is 3.15. The number of aromatic amines is 1. The maximum absolute atomic E-state index is 14.8. The minimum absolute atomic E-state index is 0.0527. The van der Waals surface area contributed by atoms with Gasteiger partial charge in [-0.15, -0.1) is 0 Å². The van der Waals surface area contributed by atoms with Crippen molar-refractivity contribution >= 4 is 16.7 Å². The molecule has 2 aromatic carbocycles. The van der Waals surface area contributed by atoms with Gasteiger partial charge in [-0.25, -0.2) is 4.39 Å². The Hall–Kier alpha value is -2.82. The zero-order chi connectivity index (χ0) is 20.4. The van der Waals surface area contributed by atoms with Crippen LogP contribution in [0.5, 0.6) is 11.5 Å². The molecule has 5 rings (SSSR count). The Morgan fingerprint density at radius 3 is 2.59 bits per heavy atom. The second-order valence-corrected chi connectivity index (χ2v) is 9.21. The van der Waals surface area contributed by atoms with E-state index in [1.165, 1.54) is 6.07 Å². The highest BCUT2D eigenvalue weighted by Crippen LogP contribution is 2.51. The minimum Gasteiger partial charge on any atom is -0.454 e. The Morgan fingerprint density at radius 2 is 1.86 bits per heavy atom. The fraction of sp³-hybridized carbons (Fsp3) is 0.375. The van der Waals surface area contributed by atoms with Crippen LogP contribution in [0.4, 0.5) is 4.39 Å². The van der Waals surface area contributed by atoms with E-state index in [4.69, 9.17) is 9.47 Å². The average molecular weight is 393 g/mol. The standard InChI is InChI=1S/C24H24FNO3/c1-23(2,3)21-9-15-8-14(17(25)12-18(15)26-21)10-22(27)24(6-7-24)16-4-5-19-20(11-16)29-13-28-19/h4-5,8-9,11-12,26H,6-7,10,13H2,1-3H3. The molecule has 3 aromatic rings. The van der Waals surface area contributed by atoms with Crippen LogP contribution < -0.4 is 9.47 Å². The lowest BCUT2D eigenvalue weighted by Crippen LogP contribution is -2.23. The SMILES string of the molecule is CC(C)(C)c1cc2cc(CC(=O)C3(c4ccc5c(c4)OCO5)CC3)c(F)cc2[nH]1. The Bertz CT molecular complexity index is 1130. The fourth-order valence-electron chi connectivity index (χ4n) is 4.13. The van der Waals surface area contributed by atoms with Gasteiger partial charge in [-0.3, -0.25) is 4.79 Å². The third kappa shape index (κ3) is 3.00. The van der Waals surface area contributed by atoms with Gasteiger partial charge in [-0.2, -0.15) is 0 Å². The Morgan fingerprint density at radius 1 is 1.10 bits per heavy atom. The molecule has 1 aromatic heterocycles. The van der Waals surface area contributed by atoms with E-state index in [2.05, 4.69) is 25.8 Å². The van der Waals surface area contributed by atoms with E-state index in [-0.39, 0.29) is 30.2 Å². The van der Waals surface area contributed by atoms with Crippen molar-refractivity contribution in [1.29, 1.82) is 0 Å². The summed E-state index contributed by atoms with van der Waals surface area (Å²) in [5, 5.41) is 0.937. The smallest absolute Gasteiger partial charge is 0.231 e. The van der Waals surface area contributed by atoms with Crippen molar-refractivity contribution in [3.63, 3.8) is 0 Å². The van der Waals surface area contributed by atoms with Crippen LogP contribution in [0.1, 0.15) is 50.4 Å². The topological polar surface area (TPSA) is 51.3 Å². The number of benzene rings is 2. The summed E-state index contributed by atoms with van der Waals surface area (Å²) in [6.45, 7) is 6.54. The molecule has 1 aliphatic heterocycles. The molecule has 150 valence electrons. The number of hydrogen-bond acceptors (Lipinski definition) is 3. The summed E-state index contributed by atoms with van der Waals surface area (Å²) < 4.78 is 25.6. The number of ketones is 1. The predicted molar refractivity (Wildman–Crippen MR) is 109 cm³/mol. The van der Waals surface area contributed by atoms with Gasteiger partial charge < -0.3 is 14.5 Å². The lowest BCUT2D eigenvalue weighted by atomic mass is 9.87. The highest BCUT2D eigenvalue weighted by Gasteiger charge is 2.51. The number of nitrogens with one attached hydrogen (secondary N) is 1. The minimum atomic E-state index is -0.531. The molecule has 4 nitrogen and oxygen atoms in total. The molecule has 1 fully saturated rings. The molecular formula is C24H24FNO3. The highest BCUT2D eigenvalue weighted by atomic mass is 19.1. The van der Waals surface area contributed by atoms with E-state index in [0.717, 1.165) is 35.0 Å². The molecule has 2 heterocycles. The first-order valence-electron chi connectivity index (χ1n) is 10.0.